The third kappa shape index (κ3) is 9.92. The Kier molecular flexibility index (Phi) is 11.5. The van der Waals surface area contributed by atoms with Crippen molar-refractivity contribution < 1.29 is 29.0 Å². The van der Waals surface area contributed by atoms with Gasteiger partial charge in [0, 0.05) is 12.1 Å². The molecule has 0 saturated carbocycles. The van der Waals surface area contributed by atoms with Gasteiger partial charge in [0.2, 0.25) is 17.7 Å². The SMILES string of the molecule is CCCCCNC(=O)C(c1ccccc1O)N(CC#N)C(=O)C(CC(N)=O)NC(=O)OC(C)(C)C. The summed E-state index contributed by atoms with van der Waals surface area (Å²) in [5.41, 5.74) is 4.49. The van der Waals surface area contributed by atoms with E-state index in [4.69, 9.17) is 10.5 Å². The summed E-state index contributed by atoms with van der Waals surface area (Å²) in [6, 6.07) is 4.85. The van der Waals surface area contributed by atoms with Crippen LogP contribution in [0, 0.1) is 11.3 Å². The number of unbranched alkanes of at least 4 members (excludes halogenated alkanes) is 2. The number of aromatic hydroxyl groups is 1. The van der Waals surface area contributed by atoms with Gasteiger partial charge >= 0.3 is 6.09 Å². The van der Waals surface area contributed by atoms with E-state index in [0.29, 0.717) is 13.0 Å². The Morgan fingerprint density at radius 1 is 1.20 bits per heavy atom. The van der Waals surface area contributed by atoms with Crippen molar-refractivity contribution in [1.29, 1.82) is 5.26 Å². The molecule has 1 rings (SSSR count). The topological polar surface area (TPSA) is 175 Å². The molecule has 0 aliphatic carbocycles. The molecule has 0 aliphatic rings. The molecule has 11 heteroatoms. The average molecular weight is 490 g/mol. The van der Waals surface area contributed by atoms with Crippen LogP contribution in [0.4, 0.5) is 4.79 Å². The highest BCUT2D eigenvalue weighted by Gasteiger charge is 2.37. The monoisotopic (exact) mass is 489 g/mol. The van der Waals surface area contributed by atoms with Crippen molar-refractivity contribution in [3.05, 3.63) is 29.8 Å². The number of carbonyl (C=O) groups excluding carboxylic acids is 4. The quantitative estimate of drug-likeness (QED) is 0.256. The molecule has 192 valence electrons. The Morgan fingerprint density at radius 2 is 1.86 bits per heavy atom. The number of primary amides is 1. The Balaban J connectivity index is 3.39. The lowest BCUT2D eigenvalue weighted by Crippen LogP contribution is -2.54. The summed E-state index contributed by atoms with van der Waals surface area (Å²) in [5.74, 6) is -2.68. The van der Waals surface area contributed by atoms with Crippen LogP contribution in [0.3, 0.4) is 0 Å². The number of nitrogens with one attached hydrogen (secondary N) is 2. The molecule has 2 unspecified atom stereocenters. The van der Waals surface area contributed by atoms with Crippen LogP contribution in [0.15, 0.2) is 24.3 Å². The van der Waals surface area contributed by atoms with Crippen LogP contribution in [0.2, 0.25) is 0 Å². The summed E-state index contributed by atoms with van der Waals surface area (Å²) in [4.78, 5) is 51.6. The van der Waals surface area contributed by atoms with Crippen molar-refractivity contribution in [2.24, 2.45) is 5.73 Å². The minimum absolute atomic E-state index is 0.0826. The molecule has 0 spiro atoms. The smallest absolute Gasteiger partial charge is 0.408 e. The Hall–Kier alpha value is -3.81. The number of rotatable bonds is 12. The Bertz CT molecular complexity index is 937. The van der Waals surface area contributed by atoms with E-state index in [1.165, 1.54) is 12.1 Å². The van der Waals surface area contributed by atoms with Crippen LogP contribution in [-0.2, 0) is 19.1 Å². The number of benzene rings is 1. The zero-order valence-electron chi connectivity index (χ0n) is 20.7. The fourth-order valence-electron chi connectivity index (χ4n) is 3.28. The molecule has 4 amide bonds. The number of hydrogen-bond donors (Lipinski definition) is 4. The van der Waals surface area contributed by atoms with Gasteiger partial charge in [-0.15, -0.1) is 0 Å². The summed E-state index contributed by atoms with van der Waals surface area (Å²) in [5, 5.41) is 24.9. The number of nitriles is 1. The standard InChI is InChI=1S/C24H35N5O6/c1-5-6-9-13-27-21(32)20(16-10-7-8-11-18(16)30)29(14-12-25)22(33)17(15-19(26)31)28-23(34)35-24(2,3)4/h7-8,10-11,17,20,30H,5-6,9,13-15H2,1-4H3,(H2,26,31)(H,27,32)(H,28,34). The lowest BCUT2D eigenvalue weighted by atomic mass is 10.0. The summed E-state index contributed by atoms with van der Waals surface area (Å²) in [6.07, 6.45) is 0.946. The van der Waals surface area contributed by atoms with Crippen LogP contribution < -0.4 is 16.4 Å². The van der Waals surface area contributed by atoms with Crippen molar-refractivity contribution in [3.63, 3.8) is 0 Å². The van der Waals surface area contributed by atoms with Crippen LogP contribution in [0.1, 0.15) is 65.0 Å². The second kappa shape index (κ2) is 13.8. The van der Waals surface area contributed by atoms with E-state index < -0.39 is 54.5 Å². The van der Waals surface area contributed by atoms with E-state index in [2.05, 4.69) is 10.6 Å². The normalized spacial score (nSPS) is 12.5. The Morgan fingerprint density at radius 3 is 2.40 bits per heavy atom. The number of carbonyl (C=O) groups is 4. The zero-order valence-corrected chi connectivity index (χ0v) is 20.7. The highest BCUT2D eigenvalue weighted by Crippen LogP contribution is 2.29. The van der Waals surface area contributed by atoms with Crippen molar-refractivity contribution in [2.45, 2.75) is 71.1 Å². The van der Waals surface area contributed by atoms with Crippen LogP contribution in [0.25, 0.3) is 0 Å². The second-order valence-electron chi connectivity index (χ2n) is 8.95. The first-order valence-corrected chi connectivity index (χ1v) is 11.4. The minimum atomic E-state index is -1.50. The summed E-state index contributed by atoms with van der Waals surface area (Å²) >= 11 is 0. The number of phenolic OH excluding ortho intramolecular Hbond substituents is 1. The third-order valence-electron chi connectivity index (χ3n) is 4.79. The molecule has 0 radical (unpaired) electrons. The summed E-state index contributed by atoms with van der Waals surface area (Å²) < 4.78 is 5.17. The lowest BCUT2D eigenvalue weighted by molar-refractivity contribution is -0.142. The van der Waals surface area contributed by atoms with Gasteiger partial charge in [-0.3, -0.25) is 14.4 Å². The van der Waals surface area contributed by atoms with E-state index >= 15 is 0 Å². The molecule has 2 atom stereocenters. The second-order valence-corrected chi connectivity index (χ2v) is 8.95. The molecular formula is C24H35N5O6. The molecule has 0 aliphatic heterocycles. The van der Waals surface area contributed by atoms with Crippen LogP contribution in [0.5, 0.6) is 5.75 Å². The molecule has 0 bridgehead atoms. The third-order valence-corrected chi connectivity index (χ3v) is 4.79. The minimum Gasteiger partial charge on any atom is -0.508 e. The number of nitrogens with two attached hydrogens (primary N) is 1. The summed E-state index contributed by atoms with van der Waals surface area (Å²) in [6.45, 7) is 6.64. The van der Waals surface area contributed by atoms with Crippen molar-refractivity contribution in [1.82, 2.24) is 15.5 Å². The maximum atomic E-state index is 13.5. The highest BCUT2D eigenvalue weighted by molar-refractivity contribution is 5.94. The molecular weight excluding hydrogens is 454 g/mol. The van der Waals surface area contributed by atoms with Gasteiger partial charge in [0.1, 0.15) is 30.0 Å². The van der Waals surface area contributed by atoms with E-state index in [1.807, 2.05) is 13.0 Å². The number of nitrogens with zero attached hydrogens (tertiary/aromatic N) is 2. The molecule has 0 saturated heterocycles. The molecule has 35 heavy (non-hydrogen) atoms. The van der Waals surface area contributed by atoms with Gasteiger partial charge in [0.25, 0.3) is 0 Å². The Labute approximate surface area is 205 Å². The first-order valence-electron chi connectivity index (χ1n) is 11.4. The van der Waals surface area contributed by atoms with Gasteiger partial charge in [0.15, 0.2) is 0 Å². The predicted molar refractivity (Wildman–Crippen MR) is 128 cm³/mol. The molecule has 1 aromatic carbocycles. The molecule has 0 heterocycles. The largest absolute Gasteiger partial charge is 0.508 e. The first kappa shape index (κ1) is 29.2. The molecule has 0 fully saturated rings. The lowest BCUT2D eigenvalue weighted by Gasteiger charge is -2.32. The van der Waals surface area contributed by atoms with Gasteiger partial charge < -0.3 is 31.1 Å². The van der Waals surface area contributed by atoms with Crippen molar-refractivity contribution in [3.8, 4) is 11.8 Å². The fraction of sp³-hybridized carbons (Fsp3) is 0.542. The number of alkyl carbamates (subject to hydrolysis) is 1. The van der Waals surface area contributed by atoms with E-state index in [-0.39, 0.29) is 11.3 Å². The number of ether oxygens (including phenoxy) is 1. The van der Waals surface area contributed by atoms with E-state index in [9.17, 15) is 29.5 Å². The maximum Gasteiger partial charge on any atom is 0.408 e. The van der Waals surface area contributed by atoms with E-state index in [0.717, 1.165) is 17.7 Å². The van der Waals surface area contributed by atoms with Crippen molar-refractivity contribution in [2.75, 3.05) is 13.1 Å². The van der Waals surface area contributed by atoms with Crippen LogP contribution >= 0.6 is 0 Å². The molecule has 11 nitrogen and oxygen atoms in total. The fourth-order valence-corrected chi connectivity index (χ4v) is 3.28. The average Bonchev–Trinajstić information content (AvgIpc) is 2.75. The van der Waals surface area contributed by atoms with Gasteiger partial charge in [0.05, 0.1) is 12.5 Å². The van der Waals surface area contributed by atoms with Gasteiger partial charge in [-0.2, -0.15) is 5.26 Å². The number of amides is 4. The molecule has 5 N–H and O–H groups in total. The van der Waals surface area contributed by atoms with Gasteiger partial charge in [-0.25, -0.2) is 4.79 Å². The van der Waals surface area contributed by atoms with Gasteiger partial charge in [-0.05, 0) is 33.3 Å². The molecule has 1 aromatic rings. The first-order chi connectivity index (χ1) is 16.4. The number of para-hydroxylation sites is 1. The number of hydrogen-bond acceptors (Lipinski definition) is 7. The predicted octanol–water partition coefficient (Wildman–Crippen LogP) is 1.86. The summed E-state index contributed by atoms with van der Waals surface area (Å²) in [7, 11) is 0. The highest BCUT2D eigenvalue weighted by atomic mass is 16.6. The van der Waals surface area contributed by atoms with Crippen molar-refractivity contribution >= 4 is 23.8 Å². The van der Waals surface area contributed by atoms with Gasteiger partial charge in [-0.1, -0.05) is 38.0 Å². The van der Waals surface area contributed by atoms with E-state index in [1.54, 1.807) is 32.9 Å². The number of phenols is 1. The zero-order chi connectivity index (χ0) is 26.6. The molecule has 0 aromatic heterocycles. The van der Waals surface area contributed by atoms with Crippen LogP contribution in [-0.4, -0.2) is 58.6 Å². The maximum absolute atomic E-state index is 13.5.